The Balaban J connectivity index is 1.47. The summed E-state index contributed by atoms with van der Waals surface area (Å²) in [4.78, 5) is 0. The predicted molar refractivity (Wildman–Crippen MR) is 110 cm³/mol. The van der Waals surface area contributed by atoms with Crippen LogP contribution >= 0.6 is 0 Å². The number of rotatable bonds is 8. The van der Waals surface area contributed by atoms with Crippen molar-refractivity contribution in [2.75, 3.05) is 13.2 Å². The number of aromatic nitrogens is 2. The summed E-state index contributed by atoms with van der Waals surface area (Å²) in [6.07, 6.45) is 0. The summed E-state index contributed by atoms with van der Waals surface area (Å²) >= 11 is 0. The minimum Gasteiger partial charge on any atom is -0.492 e. The van der Waals surface area contributed by atoms with E-state index in [0.717, 1.165) is 11.0 Å². The molecule has 0 spiro atoms. The Morgan fingerprint density at radius 2 is 1.03 bits per heavy atom. The number of para-hydroxylation sites is 2. The van der Waals surface area contributed by atoms with E-state index in [2.05, 4.69) is 0 Å². The van der Waals surface area contributed by atoms with Crippen LogP contribution in [0.3, 0.4) is 0 Å². The Bertz CT molecular complexity index is 1090. The summed E-state index contributed by atoms with van der Waals surface area (Å²) < 4.78 is 41.2. The van der Waals surface area contributed by atoms with Gasteiger partial charge in [-0.1, -0.05) is 12.1 Å². The summed E-state index contributed by atoms with van der Waals surface area (Å²) in [6, 6.07) is 19.5. The highest BCUT2D eigenvalue weighted by Crippen LogP contribution is 2.15. The Morgan fingerprint density at radius 1 is 0.633 bits per heavy atom. The van der Waals surface area contributed by atoms with Gasteiger partial charge in [-0.15, -0.1) is 0 Å². The molecular formula is C23H21F2N3O2. The third kappa shape index (κ3) is 4.35. The normalized spacial score (nSPS) is 11.0. The van der Waals surface area contributed by atoms with E-state index in [4.69, 9.17) is 14.9 Å². The van der Waals surface area contributed by atoms with Gasteiger partial charge in [0.25, 0.3) is 0 Å². The van der Waals surface area contributed by atoms with Crippen LogP contribution in [-0.4, -0.2) is 22.3 Å². The molecule has 4 aromatic rings. The first-order chi connectivity index (χ1) is 14.6. The molecule has 1 heterocycles. The minimum absolute atomic E-state index is 0.309. The monoisotopic (exact) mass is 409 g/mol. The molecule has 0 aliphatic rings. The minimum atomic E-state index is -0.309. The van der Waals surface area contributed by atoms with Crippen LogP contribution in [0.5, 0.6) is 11.5 Å². The highest BCUT2D eigenvalue weighted by molar-refractivity contribution is 5.75. The number of halogens is 2. The average Bonchev–Trinajstić information content (AvgIpc) is 3.02. The topological polar surface area (TPSA) is 52.2 Å². The average molecular weight is 409 g/mol. The largest absolute Gasteiger partial charge is 0.492 e. The Morgan fingerprint density at radius 3 is 1.43 bits per heavy atom. The Hall–Kier alpha value is -3.61. The van der Waals surface area contributed by atoms with Crippen molar-refractivity contribution in [3.05, 3.63) is 90.0 Å². The molecule has 1 aromatic heterocycles. The van der Waals surface area contributed by atoms with Gasteiger partial charge in [0.2, 0.25) is 5.62 Å². The fraction of sp³-hybridized carbons (Fsp3) is 0.174. The van der Waals surface area contributed by atoms with Crippen LogP contribution in [-0.2, 0) is 13.1 Å². The van der Waals surface area contributed by atoms with Crippen LogP contribution in [0.4, 0.5) is 8.78 Å². The fourth-order valence-electron chi connectivity index (χ4n) is 3.32. The second kappa shape index (κ2) is 8.82. The highest BCUT2D eigenvalue weighted by Gasteiger charge is 2.11. The molecule has 5 nitrogen and oxygen atoms in total. The maximum Gasteiger partial charge on any atom is 0.203 e. The summed E-state index contributed by atoms with van der Waals surface area (Å²) in [6.45, 7) is 1.65. The summed E-state index contributed by atoms with van der Waals surface area (Å²) in [7, 11) is 0. The van der Waals surface area contributed by atoms with Crippen molar-refractivity contribution < 1.29 is 18.3 Å². The van der Waals surface area contributed by atoms with Gasteiger partial charge < -0.3 is 18.6 Å². The van der Waals surface area contributed by atoms with Crippen LogP contribution in [0, 0.1) is 17.0 Å². The van der Waals surface area contributed by atoms with Gasteiger partial charge in [-0.25, -0.2) is 8.78 Å². The molecule has 30 heavy (non-hydrogen) atoms. The van der Waals surface area contributed by atoms with Gasteiger partial charge in [0.05, 0.1) is 24.1 Å². The van der Waals surface area contributed by atoms with Crippen molar-refractivity contribution in [1.29, 1.82) is 5.41 Å². The number of fused-ring (bicyclic) bond motifs is 1. The van der Waals surface area contributed by atoms with Gasteiger partial charge in [0, 0.05) is 0 Å². The smallest absolute Gasteiger partial charge is 0.203 e. The molecule has 154 valence electrons. The second-order valence-electron chi connectivity index (χ2n) is 6.72. The molecule has 7 heteroatoms. The van der Waals surface area contributed by atoms with E-state index in [1.165, 1.54) is 24.3 Å². The molecule has 0 radical (unpaired) electrons. The molecule has 0 bridgehead atoms. The molecule has 0 saturated heterocycles. The van der Waals surface area contributed by atoms with E-state index < -0.39 is 0 Å². The number of ether oxygens (including phenoxy) is 2. The molecule has 0 atom stereocenters. The van der Waals surface area contributed by atoms with Crippen molar-refractivity contribution in [2.45, 2.75) is 13.1 Å². The van der Waals surface area contributed by atoms with Crippen LogP contribution in [0.25, 0.3) is 11.0 Å². The molecular weight excluding hydrogens is 388 g/mol. The second-order valence-corrected chi connectivity index (χ2v) is 6.72. The first-order valence-corrected chi connectivity index (χ1v) is 9.61. The molecule has 0 amide bonds. The third-order valence-corrected chi connectivity index (χ3v) is 4.77. The standard InChI is InChI=1S/C23H21F2N3O2/c24-17-5-9-19(10-6-17)29-15-13-27-21-3-1-2-4-22(21)28(23(27)26)14-16-30-20-11-7-18(25)8-12-20/h1-12,26H,13-16H2. The molecule has 0 aliphatic carbocycles. The number of hydrogen-bond donors (Lipinski definition) is 1. The maximum absolute atomic E-state index is 13.0. The van der Waals surface area contributed by atoms with Crippen LogP contribution < -0.4 is 15.1 Å². The van der Waals surface area contributed by atoms with Gasteiger partial charge in [0.15, 0.2) is 0 Å². The van der Waals surface area contributed by atoms with Crippen molar-refractivity contribution in [2.24, 2.45) is 0 Å². The van der Waals surface area contributed by atoms with Crippen molar-refractivity contribution in [1.82, 2.24) is 9.13 Å². The van der Waals surface area contributed by atoms with Gasteiger partial charge in [-0.05, 0) is 60.7 Å². The van der Waals surface area contributed by atoms with Crippen LogP contribution in [0.2, 0.25) is 0 Å². The zero-order valence-electron chi connectivity index (χ0n) is 16.2. The molecule has 4 rings (SSSR count). The van der Waals surface area contributed by atoms with Gasteiger partial charge in [0.1, 0.15) is 36.3 Å². The van der Waals surface area contributed by atoms with Crippen molar-refractivity contribution in [3.63, 3.8) is 0 Å². The number of hydrogen-bond acceptors (Lipinski definition) is 3. The van der Waals surface area contributed by atoms with E-state index in [0.29, 0.717) is 43.4 Å². The van der Waals surface area contributed by atoms with Gasteiger partial charge in [-0.3, -0.25) is 5.41 Å². The lowest BCUT2D eigenvalue weighted by atomic mass is 10.3. The number of nitrogens with zero attached hydrogens (tertiary/aromatic N) is 2. The number of nitrogens with one attached hydrogen (secondary N) is 1. The van der Waals surface area contributed by atoms with Crippen LogP contribution in [0.15, 0.2) is 72.8 Å². The fourth-order valence-corrected chi connectivity index (χ4v) is 3.32. The molecule has 0 aliphatic heterocycles. The summed E-state index contributed by atoms with van der Waals surface area (Å²) in [5, 5.41) is 8.61. The van der Waals surface area contributed by atoms with E-state index in [9.17, 15) is 8.78 Å². The van der Waals surface area contributed by atoms with E-state index >= 15 is 0 Å². The predicted octanol–water partition coefficient (Wildman–Crippen LogP) is 4.36. The molecule has 0 saturated carbocycles. The van der Waals surface area contributed by atoms with Crippen molar-refractivity contribution >= 4 is 11.0 Å². The Kier molecular flexibility index (Phi) is 5.79. The van der Waals surface area contributed by atoms with E-state index in [1.54, 1.807) is 24.3 Å². The van der Waals surface area contributed by atoms with Gasteiger partial charge >= 0.3 is 0 Å². The Labute approximate surface area is 172 Å². The zero-order valence-corrected chi connectivity index (χ0v) is 16.2. The summed E-state index contributed by atoms with van der Waals surface area (Å²) in [5.74, 6) is 0.548. The third-order valence-electron chi connectivity index (χ3n) is 4.77. The highest BCUT2D eigenvalue weighted by atomic mass is 19.1. The quantitative estimate of drug-likeness (QED) is 0.470. The van der Waals surface area contributed by atoms with Crippen molar-refractivity contribution in [3.8, 4) is 11.5 Å². The number of imidazole rings is 1. The zero-order chi connectivity index (χ0) is 20.9. The van der Waals surface area contributed by atoms with Crippen LogP contribution in [0.1, 0.15) is 0 Å². The summed E-state index contributed by atoms with van der Waals surface area (Å²) in [5.41, 5.74) is 2.18. The van der Waals surface area contributed by atoms with E-state index in [-0.39, 0.29) is 11.6 Å². The van der Waals surface area contributed by atoms with Gasteiger partial charge in [-0.2, -0.15) is 0 Å². The first-order valence-electron chi connectivity index (χ1n) is 9.61. The molecule has 1 N–H and O–H groups in total. The lowest BCUT2D eigenvalue weighted by molar-refractivity contribution is 0.287. The maximum atomic E-state index is 13.0. The SMILES string of the molecule is N=c1n(CCOc2ccc(F)cc2)c2ccccc2n1CCOc1ccc(F)cc1. The molecule has 0 unspecified atom stereocenters. The first kappa shape index (κ1) is 19.7. The lowest BCUT2D eigenvalue weighted by Gasteiger charge is -2.09. The molecule has 3 aromatic carbocycles. The van der Waals surface area contributed by atoms with E-state index in [1.807, 2.05) is 33.4 Å². The lowest BCUT2D eigenvalue weighted by Crippen LogP contribution is -2.28. The number of benzene rings is 3. The molecule has 0 fully saturated rings.